The minimum Gasteiger partial charge on any atom is -0.352 e. The predicted molar refractivity (Wildman–Crippen MR) is 105 cm³/mol. The van der Waals surface area contributed by atoms with E-state index in [1.54, 1.807) is 0 Å². The molecule has 2 heterocycles. The zero-order valence-electron chi connectivity index (χ0n) is 15.2. The average molecular weight is 329 g/mol. The van der Waals surface area contributed by atoms with Gasteiger partial charge in [-0.3, -0.25) is 4.99 Å². The van der Waals surface area contributed by atoms with Crippen molar-refractivity contribution >= 4 is 16.7 Å². The van der Waals surface area contributed by atoms with Crippen molar-refractivity contribution in [3.05, 3.63) is 65.7 Å². The third-order valence-electron chi connectivity index (χ3n) is 5.12. The maximum Gasteiger partial charge on any atom is 0.131 e. The van der Waals surface area contributed by atoms with E-state index in [1.807, 2.05) is 6.07 Å². The minimum absolute atomic E-state index is 0.0433. The molecule has 0 amide bonds. The summed E-state index contributed by atoms with van der Waals surface area (Å²) < 4.78 is 0. The number of hydrogen-bond acceptors (Lipinski definition) is 3. The highest BCUT2D eigenvalue weighted by molar-refractivity contribution is 6.11. The Hall–Kier alpha value is -2.68. The van der Waals surface area contributed by atoms with Gasteiger partial charge in [0.25, 0.3) is 0 Å². The summed E-state index contributed by atoms with van der Waals surface area (Å²) in [4.78, 5) is 12.1. The smallest absolute Gasteiger partial charge is 0.131 e. The van der Waals surface area contributed by atoms with Crippen LogP contribution in [0.1, 0.15) is 25.0 Å². The van der Waals surface area contributed by atoms with Crippen LogP contribution in [0.3, 0.4) is 0 Å². The van der Waals surface area contributed by atoms with E-state index in [2.05, 4.69) is 81.2 Å². The summed E-state index contributed by atoms with van der Waals surface area (Å²) in [7, 11) is 2.14. The molecule has 25 heavy (non-hydrogen) atoms. The third-order valence-corrected chi connectivity index (χ3v) is 5.12. The molecule has 3 heteroatoms. The van der Waals surface area contributed by atoms with Crippen LogP contribution in [0.4, 0.5) is 0 Å². The van der Waals surface area contributed by atoms with Crippen molar-refractivity contribution in [2.75, 3.05) is 13.6 Å². The Kier molecular flexibility index (Phi) is 3.60. The Labute approximate surface area is 149 Å². The fourth-order valence-corrected chi connectivity index (χ4v) is 3.31. The van der Waals surface area contributed by atoms with Gasteiger partial charge < -0.3 is 4.90 Å². The third kappa shape index (κ3) is 2.70. The summed E-state index contributed by atoms with van der Waals surface area (Å²) in [5.41, 5.74) is 5.59. The van der Waals surface area contributed by atoms with Crippen molar-refractivity contribution in [1.29, 1.82) is 0 Å². The highest BCUT2D eigenvalue weighted by atomic mass is 15.3. The Bertz CT molecular complexity index is 971. The summed E-state index contributed by atoms with van der Waals surface area (Å²) in [5.74, 6) is 1.06. The SMILES string of the molecule is Cc1ccc2nc(-c3ccccc3)cc(C3=NCC(C)(C)N3C)c2c1. The van der Waals surface area contributed by atoms with Gasteiger partial charge in [0.05, 0.1) is 23.3 Å². The molecule has 0 N–H and O–H groups in total. The molecule has 3 nitrogen and oxygen atoms in total. The molecule has 4 rings (SSSR count). The van der Waals surface area contributed by atoms with E-state index in [1.165, 1.54) is 16.5 Å². The summed E-state index contributed by atoms with van der Waals surface area (Å²) in [5, 5.41) is 1.17. The Morgan fingerprint density at radius 3 is 2.44 bits per heavy atom. The molecule has 1 aliphatic rings. The van der Waals surface area contributed by atoms with E-state index in [-0.39, 0.29) is 5.54 Å². The van der Waals surface area contributed by atoms with E-state index in [0.29, 0.717) is 0 Å². The molecule has 0 bridgehead atoms. The molecule has 0 fully saturated rings. The Morgan fingerprint density at radius 1 is 1.00 bits per heavy atom. The number of rotatable bonds is 2. The average Bonchev–Trinajstić information content (AvgIpc) is 2.88. The molecule has 0 radical (unpaired) electrons. The number of aliphatic imine (C=N–C) groups is 1. The van der Waals surface area contributed by atoms with Crippen molar-refractivity contribution in [2.24, 2.45) is 4.99 Å². The number of benzene rings is 2. The van der Waals surface area contributed by atoms with Crippen LogP contribution in [0.15, 0.2) is 59.6 Å². The summed E-state index contributed by atoms with van der Waals surface area (Å²) in [6, 6.07) is 19.0. The first kappa shape index (κ1) is 15.8. The van der Waals surface area contributed by atoms with Gasteiger partial charge in [-0.15, -0.1) is 0 Å². The van der Waals surface area contributed by atoms with Gasteiger partial charge in [-0.1, -0.05) is 42.0 Å². The molecule has 1 aliphatic heterocycles. The van der Waals surface area contributed by atoms with Gasteiger partial charge >= 0.3 is 0 Å². The number of aryl methyl sites for hydroxylation is 1. The Morgan fingerprint density at radius 2 is 1.76 bits per heavy atom. The normalized spacial score (nSPS) is 16.3. The van der Waals surface area contributed by atoms with E-state index in [9.17, 15) is 0 Å². The lowest BCUT2D eigenvalue weighted by Gasteiger charge is -2.30. The zero-order chi connectivity index (χ0) is 17.6. The molecule has 1 aromatic heterocycles. The van der Waals surface area contributed by atoms with Gasteiger partial charge in [-0.05, 0) is 39.0 Å². The number of pyridine rings is 1. The fraction of sp³-hybridized carbons (Fsp3) is 0.273. The van der Waals surface area contributed by atoms with Crippen molar-refractivity contribution in [3.63, 3.8) is 0 Å². The van der Waals surface area contributed by atoms with Crippen LogP contribution < -0.4 is 0 Å². The summed E-state index contributed by atoms with van der Waals surface area (Å²) in [6.45, 7) is 7.40. The molecule has 3 aromatic rings. The first-order chi connectivity index (χ1) is 12.0. The second kappa shape index (κ2) is 5.69. The second-order valence-electron chi connectivity index (χ2n) is 7.45. The Balaban J connectivity index is 1.97. The number of fused-ring (bicyclic) bond motifs is 1. The molecule has 0 atom stereocenters. The van der Waals surface area contributed by atoms with Crippen molar-refractivity contribution in [1.82, 2.24) is 9.88 Å². The van der Waals surface area contributed by atoms with Crippen molar-refractivity contribution in [3.8, 4) is 11.3 Å². The van der Waals surface area contributed by atoms with Crippen LogP contribution >= 0.6 is 0 Å². The second-order valence-corrected chi connectivity index (χ2v) is 7.45. The van der Waals surface area contributed by atoms with Gasteiger partial charge in [0.15, 0.2) is 0 Å². The molecule has 0 saturated carbocycles. The lowest BCUT2D eigenvalue weighted by molar-refractivity contribution is 0.293. The molecular formula is C22H23N3. The summed E-state index contributed by atoms with van der Waals surface area (Å²) >= 11 is 0. The lowest BCUT2D eigenvalue weighted by atomic mass is 10.00. The molecule has 0 saturated heterocycles. The monoisotopic (exact) mass is 329 g/mol. The van der Waals surface area contributed by atoms with E-state index >= 15 is 0 Å². The topological polar surface area (TPSA) is 28.5 Å². The van der Waals surface area contributed by atoms with E-state index in [0.717, 1.165) is 29.2 Å². The van der Waals surface area contributed by atoms with Crippen molar-refractivity contribution < 1.29 is 0 Å². The van der Waals surface area contributed by atoms with Crippen LogP contribution in [-0.2, 0) is 0 Å². The molecule has 2 aromatic carbocycles. The van der Waals surface area contributed by atoms with Crippen LogP contribution in [0.5, 0.6) is 0 Å². The van der Waals surface area contributed by atoms with Gasteiger partial charge in [-0.2, -0.15) is 0 Å². The van der Waals surface area contributed by atoms with Gasteiger partial charge in [0, 0.05) is 23.6 Å². The predicted octanol–water partition coefficient (Wildman–Crippen LogP) is 4.68. The lowest BCUT2D eigenvalue weighted by Crippen LogP contribution is -2.41. The number of likely N-dealkylation sites (N-methyl/N-ethyl adjacent to an activating group) is 1. The van der Waals surface area contributed by atoms with E-state index in [4.69, 9.17) is 9.98 Å². The quantitative estimate of drug-likeness (QED) is 0.683. The zero-order valence-corrected chi connectivity index (χ0v) is 15.2. The van der Waals surface area contributed by atoms with Gasteiger partial charge in [0.1, 0.15) is 5.84 Å². The van der Waals surface area contributed by atoms with Crippen LogP contribution in [0.25, 0.3) is 22.2 Å². The van der Waals surface area contributed by atoms with Crippen LogP contribution in [0, 0.1) is 6.92 Å². The molecular weight excluding hydrogens is 306 g/mol. The van der Waals surface area contributed by atoms with Gasteiger partial charge in [0.2, 0.25) is 0 Å². The number of amidine groups is 1. The fourth-order valence-electron chi connectivity index (χ4n) is 3.31. The molecule has 0 aliphatic carbocycles. The number of hydrogen-bond donors (Lipinski definition) is 0. The molecule has 126 valence electrons. The highest BCUT2D eigenvalue weighted by Crippen LogP contribution is 2.30. The van der Waals surface area contributed by atoms with Crippen LogP contribution in [-0.4, -0.2) is 34.9 Å². The molecule has 0 spiro atoms. The van der Waals surface area contributed by atoms with Crippen molar-refractivity contribution in [2.45, 2.75) is 26.3 Å². The van der Waals surface area contributed by atoms with Gasteiger partial charge in [-0.25, -0.2) is 4.98 Å². The standard InChI is InChI=1S/C22H23N3/c1-15-10-11-19-17(12-15)18(21-23-14-22(2,3)25(21)4)13-20(24-19)16-8-6-5-7-9-16/h5-13H,14H2,1-4H3. The minimum atomic E-state index is 0.0433. The maximum atomic E-state index is 4.91. The summed E-state index contributed by atoms with van der Waals surface area (Å²) in [6.07, 6.45) is 0. The van der Waals surface area contributed by atoms with Crippen LogP contribution in [0.2, 0.25) is 0 Å². The number of nitrogens with zero attached hydrogens (tertiary/aromatic N) is 3. The van der Waals surface area contributed by atoms with E-state index < -0.39 is 0 Å². The molecule has 0 unspecified atom stereocenters. The first-order valence-corrected chi connectivity index (χ1v) is 8.71. The largest absolute Gasteiger partial charge is 0.352 e. The highest BCUT2D eigenvalue weighted by Gasteiger charge is 2.33. The first-order valence-electron chi connectivity index (χ1n) is 8.71. The number of aromatic nitrogens is 1. The maximum absolute atomic E-state index is 4.91.